The molecule has 21 heavy (non-hydrogen) atoms. The lowest BCUT2D eigenvalue weighted by atomic mass is 10.0. The molecule has 1 aliphatic carbocycles. The number of carbonyl (C=O) groups is 1. The van der Waals surface area contributed by atoms with E-state index in [1.807, 2.05) is 18.2 Å². The Morgan fingerprint density at radius 2 is 2.33 bits per heavy atom. The number of nitrogens with zero attached hydrogens (tertiary/aromatic N) is 1. The van der Waals surface area contributed by atoms with Crippen LogP contribution in [-0.4, -0.2) is 35.7 Å². The maximum absolute atomic E-state index is 10.7. The molecule has 1 saturated heterocycles. The number of piperidine rings is 1. The van der Waals surface area contributed by atoms with Crippen LogP contribution in [0.3, 0.4) is 0 Å². The zero-order valence-corrected chi connectivity index (χ0v) is 12.3. The van der Waals surface area contributed by atoms with Crippen LogP contribution in [-0.2, 0) is 11.3 Å². The number of rotatable bonds is 5. The summed E-state index contributed by atoms with van der Waals surface area (Å²) in [5.41, 5.74) is 2.10. The molecule has 4 heteroatoms. The van der Waals surface area contributed by atoms with Crippen molar-refractivity contribution in [3.63, 3.8) is 0 Å². The third-order valence-electron chi connectivity index (χ3n) is 4.65. The lowest BCUT2D eigenvalue weighted by Gasteiger charge is -2.27. The maximum atomic E-state index is 10.7. The topological polar surface area (TPSA) is 49.8 Å². The van der Waals surface area contributed by atoms with Gasteiger partial charge in [0.05, 0.1) is 7.11 Å². The summed E-state index contributed by atoms with van der Waals surface area (Å²) in [6.45, 7) is 2.04. The average Bonchev–Trinajstić information content (AvgIpc) is 3.08. The minimum absolute atomic E-state index is 0.706. The normalized spacial score (nSPS) is 24.8. The molecule has 2 bridgehead atoms. The summed E-state index contributed by atoms with van der Waals surface area (Å²) in [5, 5.41) is 8.81. The van der Waals surface area contributed by atoms with Gasteiger partial charge in [0, 0.05) is 25.2 Å². The molecule has 0 aromatic heterocycles. The number of aliphatic carboxylic acids is 1. The van der Waals surface area contributed by atoms with E-state index < -0.39 is 5.97 Å². The van der Waals surface area contributed by atoms with Gasteiger partial charge in [0.25, 0.3) is 0 Å². The first-order valence-electron chi connectivity index (χ1n) is 7.47. The fourth-order valence-corrected chi connectivity index (χ4v) is 3.61. The van der Waals surface area contributed by atoms with Crippen molar-refractivity contribution >= 4 is 12.0 Å². The van der Waals surface area contributed by atoms with E-state index in [2.05, 4.69) is 4.90 Å². The molecule has 1 aromatic rings. The highest BCUT2D eigenvalue weighted by Gasteiger charge is 2.37. The summed E-state index contributed by atoms with van der Waals surface area (Å²) >= 11 is 0. The van der Waals surface area contributed by atoms with E-state index in [1.54, 1.807) is 13.2 Å². The molecule has 4 nitrogen and oxygen atoms in total. The molecule has 1 N–H and O–H groups in total. The maximum Gasteiger partial charge on any atom is 0.328 e. The summed E-state index contributed by atoms with van der Waals surface area (Å²) in [7, 11) is 1.66. The SMILES string of the molecule is COc1ccc(C=CC(=O)O)c(CN2CC3CCC2C3)c1. The molecule has 2 unspecified atom stereocenters. The molecule has 1 aliphatic heterocycles. The number of likely N-dealkylation sites (tertiary alicyclic amines) is 1. The summed E-state index contributed by atoms with van der Waals surface area (Å²) in [6, 6.07) is 6.54. The van der Waals surface area contributed by atoms with Crippen LogP contribution < -0.4 is 4.74 Å². The second-order valence-corrected chi connectivity index (χ2v) is 6.00. The molecule has 2 aliphatic rings. The predicted molar refractivity (Wildman–Crippen MR) is 81.2 cm³/mol. The van der Waals surface area contributed by atoms with E-state index in [-0.39, 0.29) is 0 Å². The van der Waals surface area contributed by atoms with Gasteiger partial charge >= 0.3 is 5.97 Å². The van der Waals surface area contributed by atoms with Crippen LogP contribution in [0.1, 0.15) is 30.4 Å². The fraction of sp³-hybridized carbons (Fsp3) is 0.471. The van der Waals surface area contributed by atoms with Crippen LogP contribution >= 0.6 is 0 Å². The Kier molecular flexibility index (Phi) is 3.97. The number of fused-ring (bicyclic) bond motifs is 2. The highest BCUT2D eigenvalue weighted by molar-refractivity contribution is 5.85. The van der Waals surface area contributed by atoms with Gasteiger partial charge in [-0.15, -0.1) is 0 Å². The third kappa shape index (κ3) is 3.10. The van der Waals surface area contributed by atoms with Crippen molar-refractivity contribution in [2.75, 3.05) is 13.7 Å². The van der Waals surface area contributed by atoms with E-state index in [0.717, 1.165) is 29.3 Å². The summed E-state index contributed by atoms with van der Waals surface area (Å²) < 4.78 is 5.30. The molecular weight excluding hydrogens is 266 g/mol. The Hall–Kier alpha value is -1.81. The van der Waals surface area contributed by atoms with E-state index in [4.69, 9.17) is 9.84 Å². The van der Waals surface area contributed by atoms with E-state index in [9.17, 15) is 4.79 Å². The second kappa shape index (κ2) is 5.90. The largest absolute Gasteiger partial charge is 0.497 e. The van der Waals surface area contributed by atoms with Gasteiger partial charge in [-0.3, -0.25) is 4.90 Å². The van der Waals surface area contributed by atoms with Gasteiger partial charge in [-0.2, -0.15) is 0 Å². The molecule has 1 aromatic carbocycles. The van der Waals surface area contributed by atoms with Gasteiger partial charge in [0.2, 0.25) is 0 Å². The summed E-state index contributed by atoms with van der Waals surface area (Å²) in [4.78, 5) is 13.3. The fourth-order valence-electron chi connectivity index (χ4n) is 3.61. The minimum atomic E-state index is -0.919. The van der Waals surface area contributed by atoms with E-state index in [1.165, 1.54) is 31.9 Å². The van der Waals surface area contributed by atoms with Crippen LogP contribution in [0.15, 0.2) is 24.3 Å². The number of benzene rings is 1. The molecule has 2 fully saturated rings. The molecule has 0 radical (unpaired) electrons. The lowest BCUT2D eigenvalue weighted by molar-refractivity contribution is -0.131. The van der Waals surface area contributed by atoms with Crippen molar-refractivity contribution in [2.24, 2.45) is 5.92 Å². The van der Waals surface area contributed by atoms with Crippen molar-refractivity contribution in [1.29, 1.82) is 0 Å². The molecule has 1 saturated carbocycles. The smallest absolute Gasteiger partial charge is 0.328 e. The average molecular weight is 287 g/mol. The lowest BCUT2D eigenvalue weighted by Crippen LogP contribution is -2.31. The first-order chi connectivity index (χ1) is 10.2. The Morgan fingerprint density at radius 3 is 2.95 bits per heavy atom. The van der Waals surface area contributed by atoms with Gasteiger partial charge in [0.15, 0.2) is 0 Å². The zero-order valence-electron chi connectivity index (χ0n) is 12.3. The highest BCUT2D eigenvalue weighted by atomic mass is 16.5. The van der Waals surface area contributed by atoms with Gasteiger partial charge in [-0.1, -0.05) is 6.07 Å². The molecule has 1 heterocycles. The monoisotopic (exact) mass is 287 g/mol. The predicted octanol–water partition coefficient (Wildman–Crippen LogP) is 2.78. The zero-order chi connectivity index (χ0) is 14.8. The number of ether oxygens (including phenoxy) is 1. The van der Waals surface area contributed by atoms with E-state index in [0.29, 0.717) is 6.04 Å². The molecule has 2 atom stereocenters. The molecule has 3 rings (SSSR count). The second-order valence-electron chi connectivity index (χ2n) is 6.00. The van der Waals surface area contributed by atoms with Gasteiger partial charge < -0.3 is 9.84 Å². The van der Waals surface area contributed by atoms with Crippen molar-refractivity contribution in [3.8, 4) is 5.75 Å². The van der Waals surface area contributed by atoms with Crippen molar-refractivity contribution in [3.05, 3.63) is 35.4 Å². The minimum Gasteiger partial charge on any atom is -0.497 e. The van der Waals surface area contributed by atoms with Crippen molar-refractivity contribution < 1.29 is 14.6 Å². The number of carboxylic acids is 1. The molecule has 0 spiro atoms. The third-order valence-corrected chi connectivity index (χ3v) is 4.65. The first kappa shape index (κ1) is 14.1. The molecule has 112 valence electrons. The van der Waals surface area contributed by atoms with Crippen LogP contribution in [0, 0.1) is 5.92 Å². The first-order valence-corrected chi connectivity index (χ1v) is 7.47. The van der Waals surface area contributed by atoms with Crippen LogP contribution in [0.25, 0.3) is 6.08 Å². The van der Waals surface area contributed by atoms with Gasteiger partial charge in [-0.05, 0) is 54.5 Å². The summed E-state index contributed by atoms with van der Waals surface area (Å²) in [5.74, 6) is 0.762. The Balaban J connectivity index is 1.82. The van der Waals surface area contributed by atoms with Crippen LogP contribution in [0.4, 0.5) is 0 Å². The van der Waals surface area contributed by atoms with Gasteiger partial charge in [0.1, 0.15) is 5.75 Å². The van der Waals surface area contributed by atoms with Crippen LogP contribution in [0.2, 0.25) is 0 Å². The Labute approximate surface area is 125 Å². The molecule has 0 amide bonds. The quantitative estimate of drug-likeness (QED) is 0.846. The number of methoxy groups -OCH3 is 1. The van der Waals surface area contributed by atoms with Crippen molar-refractivity contribution in [2.45, 2.75) is 31.8 Å². The number of hydrogen-bond donors (Lipinski definition) is 1. The number of carboxylic acid groups (broad SMARTS) is 1. The number of hydrogen-bond acceptors (Lipinski definition) is 3. The van der Waals surface area contributed by atoms with Crippen molar-refractivity contribution in [1.82, 2.24) is 4.90 Å². The Bertz CT molecular complexity index is 567. The highest BCUT2D eigenvalue weighted by Crippen LogP contribution is 2.38. The summed E-state index contributed by atoms with van der Waals surface area (Å²) in [6.07, 6.45) is 6.86. The van der Waals surface area contributed by atoms with Gasteiger partial charge in [-0.25, -0.2) is 4.79 Å². The standard InChI is InChI=1S/C17H21NO3/c1-21-16-6-3-13(4-7-17(19)20)14(9-16)11-18-10-12-2-5-15(18)8-12/h3-4,6-7,9,12,15H,2,5,8,10-11H2,1H3,(H,19,20). The van der Waals surface area contributed by atoms with Crippen LogP contribution in [0.5, 0.6) is 5.75 Å². The van der Waals surface area contributed by atoms with E-state index >= 15 is 0 Å². The molecular formula is C17H21NO3. The Morgan fingerprint density at radius 1 is 1.48 bits per heavy atom.